The van der Waals surface area contributed by atoms with E-state index in [1.807, 2.05) is 0 Å². The number of benzene rings is 1. The van der Waals surface area contributed by atoms with Gasteiger partial charge in [0.25, 0.3) is 5.91 Å². The van der Waals surface area contributed by atoms with Gasteiger partial charge < -0.3 is 15.0 Å². The number of likely N-dealkylation sites (N-methyl/N-ethyl adjacent to an activating group) is 1. The molecule has 1 heterocycles. The number of carbonyl (C=O) groups is 1. The molecule has 0 aromatic heterocycles. The fourth-order valence-corrected chi connectivity index (χ4v) is 3.64. The summed E-state index contributed by atoms with van der Waals surface area (Å²) in [5.41, 5.74) is 0.289. The van der Waals surface area contributed by atoms with Crippen LogP contribution in [0, 0.1) is 5.92 Å². The lowest BCUT2D eigenvalue weighted by molar-refractivity contribution is 0.0789. The lowest BCUT2D eigenvalue weighted by Crippen LogP contribution is -2.54. The number of ether oxygens (including phenoxy) is 1. The van der Waals surface area contributed by atoms with E-state index in [9.17, 15) is 4.79 Å². The molecule has 1 amide bonds. The number of piperazine rings is 1. The van der Waals surface area contributed by atoms with Crippen molar-refractivity contribution in [2.24, 2.45) is 5.92 Å². The summed E-state index contributed by atoms with van der Waals surface area (Å²) in [6.07, 6.45) is 0. The average Bonchev–Trinajstić information content (AvgIpc) is 2.57. The second-order valence-electron chi connectivity index (χ2n) is 6.80. The first kappa shape index (κ1) is 20.3. The number of methoxy groups -OCH3 is 1. The van der Waals surface area contributed by atoms with Gasteiger partial charge in [-0.2, -0.15) is 0 Å². The molecule has 1 aliphatic heterocycles. The van der Waals surface area contributed by atoms with Crippen LogP contribution in [-0.2, 0) is 0 Å². The third-order valence-corrected chi connectivity index (χ3v) is 5.35. The van der Waals surface area contributed by atoms with Crippen molar-refractivity contribution < 1.29 is 9.53 Å². The Morgan fingerprint density at radius 2 is 1.80 bits per heavy atom. The molecule has 1 aromatic rings. The molecule has 1 aromatic carbocycles. The van der Waals surface area contributed by atoms with E-state index in [4.69, 9.17) is 27.9 Å². The Bertz CT molecular complexity index is 602. The highest BCUT2D eigenvalue weighted by molar-refractivity contribution is 6.37. The van der Waals surface area contributed by atoms with Crippen molar-refractivity contribution in [3.05, 3.63) is 27.7 Å². The Kier molecular flexibility index (Phi) is 7.37. The molecule has 140 valence electrons. The molecule has 0 aliphatic carbocycles. The molecule has 1 aliphatic rings. The number of nitrogens with one attached hydrogen (secondary N) is 1. The first-order valence-corrected chi connectivity index (χ1v) is 9.33. The van der Waals surface area contributed by atoms with E-state index < -0.39 is 0 Å². The molecule has 1 atom stereocenters. The number of hydrogen-bond donors (Lipinski definition) is 1. The summed E-state index contributed by atoms with van der Waals surface area (Å²) in [5.74, 6) is 0.483. The average molecular weight is 388 g/mol. The van der Waals surface area contributed by atoms with Crippen molar-refractivity contribution in [2.75, 3.05) is 46.9 Å². The third kappa shape index (κ3) is 5.00. The number of amides is 1. The summed E-state index contributed by atoms with van der Waals surface area (Å²) < 4.78 is 5.27. The fourth-order valence-electron chi connectivity index (χ4n) is 3.17. The Balaban J connectivity index is 2.08. The second kappa shape index (κ2) is 9.08. The SMILES string of the molecule is COc1c(Cl)ccc(Cl)c1C(=O)NCC(C(C)C)N1CCN(C)CC1. The minimum atomic E-state index is -0.260. The molecule has 5 nitrogen and oxygen atoms in total. The van der Waals surface area contributed by atoms with Gasteiger partial charge in [-0.15, -0.1) is 0 Å². The first-order chi connectivity index (χ1) is 11.8. The van der Waals surface area contributed by atoms with Crippen LogP contribution in [0.3, 0.4) is 0 Å². The van der Waals surface area contributed by atoms with Crippen LogP contribution in [0.1, 0.15) is 24.2 Å². The molecular weight excluding hydrogens is 361 g/mol. The molecule has 1 N–H and O–H groups in total. The highest BCUT2D eigenvalue weighted by atomic mass is 35.5. The predicted octanol–water partition coefficient (Wildman–Crippen LogP) is 3.00. The van der Waals surface area contributed by atoms with Gasteiger partial charge in [0.1, 0.15) is 5.56 Å². The van der Waals surface area contributed by atoms with Gasteiger partial charge in [0.15, 0.2) is 5.75 Å². The maximum absolute atomic E-state index is 12.7. The van der Waals surface area contributed by atoms with Crippen LogP contribution in [0.25, 0.3) is 0 Å². The third-order valence-electron chi connectivity index (χ3n) is 4.74. The van der Waals surface area contributed by atoms with Crippen molar-refractivity contribution >= 4 is 29.1 Å². The highest BCUT2D eigenvalue weighted by Crippen LogP contribution is 2.33. The van der Waals surface area contributed by atoms with E-state index in [1.54, 1.807) is 12.1 Å². The zero-order valence-electron chi connectivity index (χ0n) is 15.3. The number of rotatable bonds is 6. The van der Waals surface area contributed by atoms with Crippen molar-refractivity contribution in [3.63, 3.8) is 0 Å². The Hall–Kier alpha value is -1.01. The van der Waals surface area contributed by atoms with Crippen molar-refractivity contribution in [2.45, 2.75) is 19.9 Å². The highest BCUT2D eigenvalue weighted by Gasteiger charge is 2.26. The van der Waals surface area contributed by atoms with Gasteiger partial charge in [-0.3, -0.25) is 9.69 Å². The fraction of sp³-hybridized carbons (Fsp3) is 0.611. The maximum Gasteiger partial charge on any atom is 0.256 e. The van der Waals surface area contributed by atoms with Crippen molar-refractivity contribution in [1.29, 1.82) is 0 Å². The maximum atomic E-state index is 12.7. The van der Waals surface area contributed by atoms with Crippen molar-refractivity contribution in [3.8, 4) is 5.75 Å². The summed E-state index contributed by atoms with van der Waals surface area (Å²) >= 11 is 12.3. The molecule has 7 heteroatoms. The van der Waals surface area contributed by atoms with Crippen molar-refractivity contribution in [1.82, 2.24) is 15.1 Å². The number of carbonyl (C=O) groups excluding carboxylic acids is 1. The molecule has 0 bridgehead atoms. The summed E-state index contributed by atoms with van der Waals surface area (Å²) in [6.45, 7) is 9.04. The van der Waals surface area contributed by atoms with E-state index in [-0.39, 0.29) is 17.5 Å². The van der Waals surface area contributed by atoms with E-state index in [0.717, 1.165) is 26.2 Å². The second-order valence-corrected chi connectivity index (χ2v) is 7.61. The van der Waals surface area contributed by atoms with E-state index >= 15 is 0 Å². The zero-order chi connectivity index (χ0) is 18.6. The Morgan fingerprint density at radius 1 is 1.20 bits per heavy atom. The summed E-state index contributed by atoms with van der Waals surface area (Å²) in [6, 6.07) is 3.52. The topological polar surface area (TPSA) is 44.8 Å². The number of nitrogens with zero attached hydrogens (tertiary/aromatic N) is 2. The molecule has 0 saturated carbocycles. The van der Waals surface area contributed by atoms with Crippen LogP contribution in [-0.4, -0.2) is 68.6 Å². The van der Waals surface area contributed by atoms with Gasteiger partial charge in [-0.25, -0.2) is 0 Å². The van der Waals surface area contributed by atoms with Crippen LogP contribution >= 0.6 is 23.2 Å². The Labute approximate surface area is 160 Å². The smallest absolute Gasteiger partial charge is 0.256 e. The summed E-state index contributed by atoms with van der Waals surface area (Å²) in [5, 5.41) is 3.72. The molecule has 2 rings (SSSR count). The molecule has 0 spiro atoms. The van der Waals surface area contributed by atoms with E-state index in [0.29, 0.717) is 28.3 Å². The lowest BCUT2D eigenvalue weighted by Gasteiger charge is -2.40. The van der Waals surface area contributed by atoms with Crippen LogP contribution in [0.5, 0.6) is 5.75 Å². The quantitative estimate of drug-likeness (QED) is 0.814. The van der Waals surface area contributed by atoms with Crippen LogP contribution in [0.4, 0.5) is 0 Å². The molecular formula is C18H27Cl2N3O2. The largest absolute Gasteiger partial charge is 0.494 e. The van der Waals surface area contributed by atoms with Gasteiger partial charge in [-0.1, -0.05) is 37.0 Å². The summed E-state index contributed by atoms with van der Waals surface area (Å²) in [4.78, 5) is 17.5. The molecule has 0 radical (unpaired) electrons. The van der Waals surface area contributed by atoms with Gasteiger partial charge in [0, 0.05) is 38.8 Å². The first-order valence-electron chi connectivity index (χ1n) is 8.58. The summed E-state index contributed by atoms with van der Waals surface area (Å²) in [7, 11) is 3.62. The monoisotopic (exact) mass is 387 g/mol. The number of halogens is 2. The Morgan fingerprint density at radius 3 is 2.36 bits per heavy atom. The van der Waals surface area contributed by atoms with Crippen LogP contribution < -0.4 is 10.1 Å². The lowest BCUT2D eigenvalue weighted by atomic mass is 10.0. The molecule has 1 unspecified atom stereocenters. The minimum absolute atomic E-state index is 0.260. The number of hydrogen-bond acceptors (Lipinski definition) is 4. The van der Waals surface area contributed by atoms with Gasteiger partial charge in [0.05, 0.1) is 17.2 Å². The van der Waals surface area contributed by atoms with Gasteiger partial charge in [-0.05, 0) is 25.1 Å². The predicted molar refractivity (Wildman–Crippen MR) is 103 cm³/mol. The van der Waals surface area contributed by atoms with E-state index in [2.05, 4.69) is 36.0 Å². The molecule has 1 saturated heterocycles. The van der Waals surface area contributed by atoms with Gasteiger partial charge >= 0.3 is 0 Å². The van der Waals surface area contributed by atoms with Crippen LogP contribution in [0.2, 0.25) is 10.0 Å². The van der Waals surface area contributed by atoms with E-state index in [1.165, 1.54) is 7.11 Å². The molecule has 1 fully saturated rings. The minimum Gasteiger partial charge on any atom is -0.494 e. The van der Waals surface area contributed by atoms with Crippen LogP contribution in [0.15, 0.2) is 12.1 Å². The zero-order valence-corrected chi connectivity index (χ0v) is 16.8. The standard InChI is InChI=1S/C18H27Cl2N3O2/c1-12(2)15(23-9-7-22(3)8-10-23)11-21-18(24)16-13(19)5-6-14(20)17(16)25-4/h5-6,12,15H,7-11H2,1-4H3,(H,21,24). The normalized spacial score (nSPS) is 17.6. The molecule has 25 heavy (non-hydrogen) atoms. The van der Waals surface area contributed by atoms with Gasteiger partial charge in [0.2, 0.25) is 0 Å².